The Morgan fingerprint density at radius 2 is 2.14 bits per heavy atom. The van der Waals surface area contributed by atoms with Gasteiger partial charge in [0.05, 0.1) is 18.6 Å². The van der Waals surface area contributed by atoms with Crippen molar-refractivity contribution >= 4 is 10.1 Å². The molecule has 0 amide bonds. The van der Waals surface area contributed by atoms with Crippen LogP contribution in [-0.4, -0.2) is 26.6 Å². The smallest absolute Gasteiger partial charge is 0.294 e. The van der Waals surface area contributed by atoms with Crippen LogP contribution in [0.4, 0.5) is 0 Å². The molecule has 0 fully saturated rings. The molecule has 14 heavy (non-hydrogen) atoms. The lowest BCUT2D eigenvalue weighted by molar-refractivity contribution is 0.287. The van der Waals surface area contributed by atoms with Crippen LogP contribution in [0.25, 0.3) is 0 Å². The van der Waals surface area contributed by atoms with Crippen molar-refractivity contribution in [3.8, 4) is 0 Å². The first-order valence-electron chi connectivity index (χ1n) is 3.70. The summed E-state index contributed by atoms with van der Waals surface area (Å²) in [4.78, 5) is -0.305. The fourth-order valence-corrected chi connectivity index (χ4v) is 1.10. The zero-order chi connectivity index (χ0) is 11.2. The number of hydrogen-bond acceptors (Lipinski definition) is 4. The van der Waals surface area contributed by atoms with Crippen LogP contribution in [0.3, 0.4) is 0 Å². The van der Waals surface area contributed by atoms with Gasteiger partial charge in [-0.05, 0) is 18.2 Å². The fourth-order valence-electron chi connectivity index (χ4n) is 0.654. The van der Waals surface area contributed by atoms with E-state index in [9.17, 15) is 8.42 Å². The Bertz CT molecular complexity index is 348. The fraction of sp³-hybridized carbons (Fsp3) is 0.250. The second-order valence-electron chi connectivity index (χ2n) is 2.29. The predicted molar refractivity (Wildman–Crippen MR) is 54.0 cm³/mol. The van der Waals surface area contributed by atoms with Crippen molar-refractivity contribution in [3.63, 3.8) is 0 Å². The van der Waals surface area contributed by atoms with Crippen molar-refractivity contribution in [1.82, 2.24) is 0 Å². The van der Waals surface area contributed by atoms with Gasteiger partial charge in [-0.3, -0.25) is 4.55 Å². The number of rotatable bonds is 5. The van der Waals surface area contributed by atoms with Crippen LogP contribution in [0.1, 0.15) is 0 Å². The van der Waals surface area contributed by atoms with Gasteiger partial charge in [-0.15, -0.1) is 0 Å². The predicted octanol–water partition coefficient (Wildman–Crippen LogP) is 0.433. The second-order valence-corrected chi connectivity index (χ2v) is 3.71. The van der Waals surface area contributed by atoms with Crippen LogP contribution >= 0.6 is 0 Å². The van der Waals surface area contributed by atoms with Gasteiger partial charge in [-0.2, -0.15) is 8.42 Å². The number of allylic oxidation sites excluding steroid dienone is 3. The summed E-state index contributed by atoms with van der Waals surface area (Å²) in [6, 6.07) is 0. The van der Waals surface area contributed by atoms with E-state index in [2.05, 4.69) is 6.58 Å². The normalized spacial score (nSPS) is 13.9. The van der Waals surface area contributed by atoms with Crippen molar-refractivity contribution < 1.29 is 17.7 Å². The first kappa shape index (κ1) is 12.9. The molecule has 0 aliphatic heterocycles. The Hall–Kier alpha value is -1.11. The highest BCUT2D eigenvalue weighted by Gasteiger charge is 2.08. The average Bonchev–Trinajstić information content (AvgIpc) is 2.10. The maximum Gasteiger partial charge on any atom is 0.294 e. The molecular weight excluding hydrogens is 206 g/mol. The maximum atomic E-state index is 10.7. The minimum Gasteiger partial charge on any atom is -0.500 e. The molecule has 0 radical (unpaired) electrons. The Morgan fingerprint density at radius 3 is 2.43 bits per heavy atom. The Morgan fingerprint density at radius 1 is 1.57 bits per heavy atom. The minimum absolute atomic E-state index is 0.142. The molecule has 80 valence electrons. The lowest BCUT2D eigenvalue weighted by Gasteiger charge is -2.00. The lowest BCUT2D eigenvalue weighted by atomic mass is 10.4. The van der Waals surface area contributed by atoms with Crippen molar-refractivity contribution in [2.45, 2.75) is 0 Å². The average molecular weight is 219 g/mol. The molecule has 0 atom stereocenters. The summed E-state index contributed by atoms with van der Waals surface area (Å²) >= 11 is 0. The van der Waals surface area contributed by atoms with Gasteiger partial charge in [0, 0.05) is 0 Å². The van der Waals surface area contributed by atoms with Gasteiger partial charge >= 0.3 is 0 Å². The lowest BCUT2D eigenvalue weighted by Crippen LogP contribution is -2.04. The molecule has 0 aliphatic rings. The summed E-state index contributed by atoms with van der Waals surface area (Å²) < 4.78 is 34.8. The summed E-state index contributed by atoms with van der Waals surface area (Å²) in [5.74, 6) is 0.396. The van der Waals surface area contributed by atoms with E-state index < -0.39 is 10.1 Å². The van der Waals surface area contributed by atoms with Gasteiger partial charge in [0.25, 0.3) is 10.1 Å². The third-order valence-electron chi connectivity index (χ3n) is 1.40. The van der Waals surface area contributed by atoms with Crippen molar-refractivity contribution in [1.29, 1.82) is 0 Å². The third-order valence-corrected chi connectivity index (χ3v) is 2.29. The van der Waals surface area contributed by atoms with Gasteiger partial charge in [-0.25, -0.2) is 0 Å². The number of methoxy groups -OCH3 is 1. The highest BCUT2D eigenvalue weighted by molar-refractivity contribution is 7.90. The first-order chi connectivity index (χ1) is 6.45. The topological polar surface area (TPSA) is 89.6 Å². The summed E-state index contributed by atoms with van der Waals surface area (Å²) in [5.41, 5.74) is 5.26. The first-order valence-corrected chi connectivity index (χ1v) is 5.14. The van der Waals surface area contributed by atoms with E-state index in [4.69, 9.17) is 15.0 Å². The molecule has 0 bridgehead atoms. The van der Waals surface area contributed by atoms with Crippen LogP contribution < -0.4 is 5.73 Å². The molecule has 0 aromatic carbocycles. The highest BCUT2D eigenvalue weighted by atomic mass is 32.2. The molecule has 0 aromatic rings. The van der Waals surface area contributed by atoms with Crippen LogP contribution in [0.5, 0.6) is 0 Å². The Kier molecular flexibility index (Phi) is 5.14. The van der Waals surface area contributed by atoms with Gasteiger partial charge in [0.15, 0.2) is 0 Å². The van der Waals surface area contributed by atoms with Gasteiger partial charge in [0.1, 0.15) is 5.76 Å². The summed E-state index contributed by atoms with van der Waals surface area (Å²) in [6.45, 7) is 3.39. The van der Waals surface area contributed by atoms with Crippen molar-refractivity contribution in [3.05, 3.63) is 35.5 Å². The van der Waals surface area contributed by atoms with Gasteiger partial charge in [0.2, 0.25) is 0 Å². The van der Waals surface area contributed by atoms with Crippen LogP contribution in [-0.2, 0) is 14.9 Å². The summed E-state index contributed by atoms with van der Waals surface area (Å²) in [5, 5.41) is 0. The zero-order valence-corrected chi connectivity index (χ0v) is 8.62. The van der Waals surface area contributed by atoms with E-state index in [1.54, 1.807) is 0 Å². The molecule has 0 aromatic heterocycles. The van der Waals surface area contributed by atoms with E-state index in [0.717, 1.165) is 12.2 Å². The monoisotopic (exact) mass is 219 g/mol. The van der Waals surface area contributed by atoms with Crippen LogP contribution in [0.15, 0.2) is 35.5 Å². The van der Waals surface area contributed by atoms with E-state index in [-0.39, 0.29) is 11.4 Å². The molecule has 6 heteroatoms. The zero-order valence-electron chi connectivity index (χ0n) is 7.80. The number of ether oxygens (including phenoxy) is 1. The Balaban J connectivity index is 4.98. The molecule has 0 rings (SSSR count). The molecule has 0 heterocycles. The van der Waals surface area contributed by atoms with Crippen LogP contribution in [0.2, 0.25) is 0 Å². The molecule has 0 saturated heterocycles. The molecule has 0 saturated carbocycles. The highest BCUT2D eigenvalue weighted by Crippen LogP contribution is 2.06. The molecule has 0 unspecified atom stereocenters. The maximum absolute atomic E-state index is 10.7. The summed E-state index contributed by atoms with van der Waals surface area (Å²) in [6.07, 6.45) is 3.54. The van der Waals surface area contributed by atoms with E-state index in [0.29, 0.717) is 5.76 Å². The molecule has 3 N–H and O–H groups in total. The third kappa shape index (κ3) is 4.22. The minimum atomic E-state index is -4.22. The van der Waals surface area contributed by atoms with Crippen molar-refractivity contribution in [2.24, 2.45) is 5.73 Å². The quantitative estimate of drug-likeness (QED) is 0.397. The van der Waals surface area contributed by atoms with Gasteiger partial charge in [-0.1, -0.05) is 6.58 Å². The molecular formula is C8H13NO4S. The largest absolute Gasteiger partial charge is 0.500 e. The number of hydrogen-bond donors (Lipinski definition) is 2. The van der Waals surface area contributed by atoms with Gasteiger partial charge < -0.3 is 10.5 Å². The van der Waals surface area contributed by atoms with E-state index >= 15 is 0 Å². The molecule has 5 nitrogen and oxygen atoms in total. The SMILES string of the molecule is C=C/C(=C\C=C(/CN)OC)S(=O)(=O)O. The Labute approximate surface area is 83.3 Å². The van der Waals surface area contributed by atoms with E-state index in [1.807, 2.05) is 0 Å². The van der Waals surface area contributed by atoms with Crippen LogP contribution in [0, 0.1) is 0 Å². The van der Waals surface area contributed by atoms with Crippen molar-refractivity contribution in [2.75, 3.05) is 13.7 Å². The standard InChI is InChI=1S/C8H13NO4S/c1-3-8(14(10,11)12)5-4-7(6-9)13-2/h3-5H,1,6,9H2,2H3,(H,10,11,12)/b7-4+,8-5+. The summed E-state index contributed by atoms with van der Waals surface area (Å²) in [7, 11) is -2.81. The van der Waals surface area contributed by atoms with E-state index in [1.165, 1.54) is 13.2 Å². The molecule has 0 aliphatic carbocycles. The second kappa shape index (κ2) is 5.58. The number of nitrogens with two attached hydrogens (primary N) is 1. The molecule has 0 spiro atoms.